The highest BCUT2D eigenvalue weighted by molar-refractivity contribution is 7.10. The number of carbonyl (C=O) groups excluding carboxylic acids is 2. The molecule has 6 heteroatoms. The van der Waals surface area contributed by atoms with Gasteiger partial charge in [-0.2, -0.15) is 0 Å². The minimum atomic E-state index is -0.0731. The Kier molecular flexibility index (Phi) is 5.38. The minimum Gasteiger partial charge on any atom is -0.497 e. The molecule has 3 rings (SSSR count). The van der Waals surface area contributed by atoms with Crippen LogP contribution in [0.5, 0.6) is 5.75 Å². The Morgan fingerprint density at radius 1 is 1.24 bits per heavy atom. The molecule has 2 aromatic rings. The maximum Gasteiger partial charge on any atom is 0.227 e. The van der Waals surface area contributed by atoms with E-state index in [0.717, 1.165) is 16.2 Å². The Labute approximate surface area is 151 Å². The number of ether oxygens (including phenoxy) is 1. The van der Waals surface area contributed by atoms with Gasteiger partial charge in [-0.25, -0.2) is 0 Å². The van der Waals surface area contributed by atoms with Crippen molar-refractivity contribution < 1.29 is 14.3 Å². The largest absolute Gasteiger partial charge is 0.497 e. The molecule has 0 saturated carbocycles. The fourth-order valence-electron chi connectivity index (χ4n) is 3.28. The van der Waals surface area contributed by atoms with Crippen LogP contribution in [0.1, 0.15) is 23.3 Å². The van der Waals surface area contributed by atoms with Gasteiger partial charge in [-0.15, -0.1) is 11.3 Å². The molecule has 2 heterocycles. The van der Waals surface area contributed by atoms with E-state index in [2.05, 4.69) is 5.32 Å². The molecule has 5 nitrogen and oxygen atoms in total. The van der Waals surface area contributed by atoms with E-state index in [-0.39, 0.29) is 23.8 Å². The summed E-state index contributed by atoms with van der Waals surface area (Å²) in [6, 6.07) is 11.7. The van der Waals surface area contributed by atoms with Crippen molar-refractivity contribution in [1.29, 1.82) is 0 Å². The van der Waals surface area contributed by atoms with Crippen molar-refractivity contribution in [3.05, 3.63) is 52.2 Å². The zero-order valence-corrected chi connectivity index (χ0v) is 15.2. The first-order valence-corrected chi connectivity index (χ1v) is 9.16. The van der Waals surface area contributed by atoms with Crippen molar-refractivity contribution in [1.82, 2.24) is 10.2 Å². The van der Waals surface area contributed by atoms with E-state index in [9.17, 15) is 9.59 Å². The van der Waals surface area contributed by atoms with Gasteiger partial charge in [0.25, 0.3) is 0 Å². The minimum absolute atomic E-state index is 0.0711. The molecule has 1 aromatic carbocycles. The van der Waals surface area contributed by atoms with Crippen LogP contribution < -0.4 is 10.1 Å². The van der Waals surface area contributed by atoms with Crippen LogP contribution in [-0.4, -0.2) is 43.0 Å². The Morgan fingerprint density at radius 2 is 2.00 bits per heavy atom. The van der Waals surface area contributed by atoms with Crippen LogP contribution in [0.15, 0.2) is 41.8 Å². The average molecular weight is 358 g/mol. The van der Waals surface area contributed by atoms with Crippen LogP contribution in [-0.2, 0) is 16.0 Å². The topological polar surface area (TPSA) is 58.6 Å². The molecular formula is C19H22N2O3S. The molecule has 0 unspecified atom stereocenters. The zero-order chi connectivity index (χ0) is 17.8. The van der Waals surface area contributed by atoms with Crippen molar-refractivity contribution in [2.75, 3.05) is 20.2 Å². The summed E-state index contributed by atoms with van der Waals surface area (Å²) < 4.78 is 5.21. The molecule has 0 radical (unpaired) electrons. The lowest BCUT2D eigenvalue weighted by molar-refractivity contribution is -0.129. The van der Waals surface area contributed by atoms with Gasteiger partial charge in [0, 0.05) is 30.8 Å². The standard InChI is InChI=1S/C19H22N2O3S/c1-13(22)20-18-12-21(19(23)10-16-4-3-9-25-16)11-17(18)14-5-7-15(24-2)8-6-14/h3-9,17-18H,10-12H2,1-2H3,(H,20,22)/t17-,18+/m0/s1. The van der Waals surface area contributed by atoms with Crippen LogP contribution in [0.3, 0.4) is 0 Å². The number of thiophene rings is 1. The number of hydrogen-bond acceptors (Lipinski definition) is 4. The molecule has 1 aliphatic rings. The van der Waals surface area contributed by atoms with E-state index < -0.39 is 0 Å². The molecule has 132 valence electrons. The molecule has 1 aliphatic heterocycles. The lowest BCUT2D eigenvalue weighted by Crippen LogP contribution is -2.39. The molecule has 0 aliphatic carbocycles. The predicted octanol–water partition coefficient (Wildman–Crippen LogP) is 2.43. The summed E-state index contributed by atoms with van der Waals surface area (Å²) in [4.78, 5) is 27.1. The van der Waals surface area contributed by atoms with Crippen molar-refractivity contribution in [2.45, 2.75) is 25.3 Å². The normalized spacial score (nSPS) is 19.7. The third kappa shape index (κ3) is 4.20. The predicted molar refractivity (Wildman–Crippen MR) is 97.9 cm³/mol. The summed E-state index contributed by atoms with van der Waals surface area (Å²) in [5.74, 6) is 0.912. The summed E-state index contributed by atoms with van der Waals surface area (Å²) >= 11 is 1.59. The Morgan fingerprint density at radius 3 is 2.60 bits per heavy atom. The molecule has 1 fully saturated rings. The van der Waals surface area contributed by atoms with E-state index in [1.807, 2.05) is 46.7 Å². The smallest absolute Gasteiger partial charge is 0.227 e. The average Bonchev–Trinajstić information content (AvgIpc) is 3.24. The van der Waals surface area contributed by atoms with Gasteiger partial charge in [-0.3, -0.25) is 9.59 Å². The highest BCUT2D eigenvalue weighted by atomic mass is 32.1. The van der Waals surface area contributed by atoms with E-state index in [0.29, 0.717) is 19.5 Å². The van der Waals surface area contributed by atoms with Gasteiger partial charge < -0.3 is 15.0 Å². The van der Waals surface area contributed by atoms with Crippen LogP contribution in [0, 0.1) is 0 Å². The molecule has 1 aromatic heterocycles. The van der Waals surface area contributed by atoms with Gasteiger partial charge >= 0.3 is 0 Å². The Hall–Kier alpha value is -2.34. The van der Waals surface area contributed by atoms with Gasteiger partial charge in [0.15, 0.2) is 0 Å². The quantitative estimate of drug-likeness (QED) is 0.893. The Bertz CT molecular complexity index is 728. The maximum atomic E-state index is 12.6. The number of rotatable bonds is 5. The molecule has 0 spiro atoms. The van der Waals surface area contributed by atoms with Gasteiger partial charge in [-0.05, 0) is 29.1 Å². The molecule has 1 saturated heterocycles. The lowest BCUT2D eigenvalue weighted by atomic mass is 9.94. The maximum absolute atomic E-state index is 12.6. The summed E-state index contributed by atoms with van der Waals surface area (Å²) in [7, 11) is 1.63. The summed E-state index contributed by atoms with van der Waals surface area (Å²) in [6.45, 7) is 2.67. The van der Waals surface area contributed by atoms with Crippen molar-refractivity contribution >= 4 is 23.2 Å². The van der Waals surface area contributed by atoms with Crippen molar-refractivity contribution in [3.63, 3.8) is 0 Å². The molecular weight excluding hydrogens is 336 g/mol. The molecule has 0 bridgehead atoms. The van der Waals surface area contributed by atoms with Crippen LogP contribution in [0.2, 0.25) is 0 Å². The van der Waals surface area contributed by atoms with E-state index in [1.54, 1.807) is 18.4 Å². The third-order valence-electron chi connectivity index (χ3n) is 4.51. The molecule has 1 N–H and O–H groups in total. The number of benzene rings is 1. The van der Waals surface area contributed by atoms with Crippen LogP contribution in [0.4, 0.5) is 0 Å². The number of nitrogens with one attached hydrogen (secondary N) is 1. The molecule has 2 atom stereocenters. The molecule has 25 heavy (non-hydrogen) atoms. The monoisotopic (exact) mass is 358 g/mol. The number of hydrogen-bond donors (Lipinski definition) is 1. The highest BCUT2D eigenvalue weighted by Crippen LogP contribution is 2.29. The second-order valence-corrected chi connectivity index (χ2v) is 7.27. The fraction of sp³-hybridized carbons (Fsp3) is 0.368. The van der Waals surface area contributed by atoms with Gasteiger partial charge in [0.1, 0.15) is 5.75 Å². The molecule has 2 amide bonds. The van der Waals surface area contributed by atoms with Crippen LogP contribution >= 0.6 is 11.3 Å². The lowest BCUT2D eigenvalue weighted by Gasteiger charge is -2.19. The van der Waals surface area contributed by atoms with Gasteiger partial charge in [-0.1, -0.05) is 18.2 Å². The number of carbonyl (C=O) groups is 2. The summed E-state index contributed by atoms with van der Waals surface area (Å²) in [5.41, 5.74) is 1.10. The first-order chi connectivity index (χ1) is 12.1. The number of amides is 2. The first kappa shape index (κ1) is 17.5. The highest BCUT2D eigenvalue weighted by Gasteiger charge is 2.36. The van der Waals surface area contributed by atoms with Crippen molar-refractivity contribution in [3.8, 4) is 5.75 Å². The zero-order valence-electron chi connectivity index (χ0n) is 14.4. The summed E-state index contributed by atoms with van der Waals surface area (Å²) in [5, 5.41) is 4.98. The van der Waals surface area contributed by atoms with Gasteiger partial charge in [0.2, 0.25) is 11.8 Å². The third-order valence-corrected chi connectivity index (χ3v) is 5.39. The van der Waals surface area contributed by atoms with Crippen LogP contribution in [0.25, 0.3) is 0 Å². The first-order valence-electron chi connectivity index (χ1n) is 8.28. The van der Waals surface area contributed by atoms with Gasteiger partial charge in [0.05, 0.1) is 19.6 Å². The summed E-state index contributed by atoms with van der Waals surface area (Å²) in [6.07, 6.45) is 0.416. The number of methoxy groups -OCH3 is 1. The number of nitrogens with zero attached hydrogens (tertiary/aromatic N) is 1. The SMILES string of the molecule is COc1ccc([C@@H]2CN(C(=O)Cc3cccs3)C[C@H]2NC(C)=O)cc1. The van der Waals surface area contributed by atoms with E-state index in [4.69, 9.17) is 4.74 Å². The second kappa shape index (κ2) is 7.70. The Balaban J connectivity index is 1.75. The fourth-order valence-corrected chi connectivity index (χ4v) is 3.97. The van der Waals surface area contributed by atoms with E-state index >= 15 is 0 Å². The second-order valence-electron chi connectivity index (χ2n) is 6.24. The van der Waals surface area contributed by atoms with Crippen molar-refractivity contribution in [2.24, 2.45) is 0 Å². The van der Waals surface area contributed by atoms with E-state index in [1.165, 1.54) is 6.92 Å². The number of likely N-dealkylation sites (tertiary alicyclic amines) is 1.